The van der Waals surface area contributed by atoms with E-state index < -0.39 is 12.1 Å². The number of benzene rings is 2. The van der Waals surface area contributed by atoms with Gasteiger partial charge in [0.15, 0.2) is 0 Å². The zero-order chi connectivity index (χ0) is 20.8. The molecule has 1 aliphatic heterocycles. The SMILES string of the molecule is N=C(N)c1ccc(NC(=O)CCC(=O)N[C@H]2CC(=O)O[C@@H]2c2ccccc2)cc1. The Morgan fingerprint density at radius 2 is 1.69 bits per heavy atom. The Kier molecular flexibility index (Phi) is 6.23. The van der Waals surface area contributed by atoms with Crippen LogP contribution in [0.15, 0.2) is 54.6 Å². The van der Waals surface area contributed by atoms with Crippen LogP contribution in [-0.2, 0) is 19.1 Å². The van der Waals surface area contributed by atoms with Gasteiger partial charge in [-0.25, -0.2) is 0 Å². The molecule has 150 valence electrons. The molecule has 0 saturated carbocycles. The molecule has 0 unspecified atom stereocenters. The molecule has 3 rings (SSSR count). The fourth-order valence-electron chi connectivity index (χ4n) is 3.09. The minimum Gasteiger partial charge on any atom is -0.455 e. The van der Waals surface area contributed by atoms with Gasteiger partial charge in [0.2, 0.25) is 11.8 Å². The summed E-state index contributed by atoms with van der Waals surface area (Å²) in [4.78, 5) is 36.0. The molecular weight excluding hydrogens is 372 g/mol. The summed E-state index contributed by atoms with van der Waals surface area (Å²) >= 11 is 0. The van der Waals surface area contributed by atoms with Crippen LogP contribution in [0.4, 0.5) is 5.69 Å². The van der Waals surface area contributed by atoms with Crippen LogP contribution < -0.4 is 16.4 Å². The summed E-state index contributed by atoms with van der Waals surface area (Å²) in [7, 11) is 0. The lowest BCUT2D eigenvalue weighted by Crippen LogP contribution is -2.37. The monoisotopic (exact) mass is 394 g/mol. The normalized spacial score (nSPS) is 18.0. The van der Waals surface area contributed by atoms with Crippen molar-refractivity contribution in [1.82, 2.24) is 5.32 Å². The van der Waals surface area contributed by atoms with Gasteiger partial charge in [-0.05, 0) is 29.8 Å². The highest BCUT2D eigenvalue weighted by atomic mass is 16.6. The molecule has 1 fully saturated rings. The average Bonchev–Trinajstić information content (AvgIpc) is 3.07. The smallest absolute Gasteiger partial charge is 0.308 e. The van der Waals surface area contributed by atoms with Gasteiger partial charge in [-0.3, -0.25) is 19.8 Å². The minimum atomic E-state index is -0.527. The summed E-state index contributed by atoms with van der Waals surface area (Å²) in [5.74, 6) is -1.05. The lowest BCUT2D eigenvalue weighted by Gasteiger charge is -2.19. The first-order valence-electron chi connectivity index (χ1n) is 9.20. The van der Waals surface area contributed by atoms with Crippen molar-refractivity contribution >= 4 is 29.3 Å². The molecule has 1 aliphatic rings. The summed E-state index contributed by atoms with van der Waals surface area (Å²) in [6.07, 6.45) is -0.442. The number of nitrogens with two attached hydrogens (primary N) is 1. The first kappa shape index (κ1) is 20.1. The quantitative estimate of drug-likeness (QED) is 0.323. The van der Waals surface area contributed by atoms with Crippen LogP contribution >= 0.6 is 0 Å². The largest absolute Gasteiger partial charge is 0.455 e. The maximum atomic E-state index is 12.3. The summed E-state index contributed by atoms with van der Waals surface area (Å²) in [5, 5.41) is 12.8. The number of hydrogen-bond acceptors (Lipinski definition) is 5. The molecule has 0 aromatic heterocycles. The van der Waals surface area contributed by atoms with Gasteiger partial charge in [0.05, 0.1) is 12.5 Å². The molecule has 2 atom stereocenters. The van der Waals surface area contributed by atoms with Crippen LogP contribution in [0.25, 0.3) is 0 Å². The lowest BCUT2D eigenvalue weighted by molar-refractivity contribution is -0.141. The highest BCUT2D eigenvalue weighted by Crippen LogP contribution is 2.29. The molecule has 1 heterocycles. The van der Waals surface area contributed by atoms with E-state index in [-0.39, 0.29) is 42.9 Å². The van der Waals surface area contributed by atoms with E-state index in [1.54, 1.807) is 24.3 Å². The van der Waals surface area contributed by atoms with Gasteiger partial charge in [-0.2, -0.15) is 0 Å². The summed E-state index contributed by atoms with van der Waals surface area (Å²) < 4.78 is 5.33. The van der Waals surface area contributed by atoms with E-state index in [1.807, 2.05) is 30.3 Å². The maximum absolute atomic E-state index is 12.3. The number of anilines is 1. The third kappa shape index (κ3) is 5.41. The van der Waals surface area contributed by atoms with Crippen LogP contribution in [0, 0.1) is 5.41 Å². The Labute approximate surface area is 167 Å². The van der Waals surface area contributed by atoms with E-state index >= 15 is 0 Å². The predicted octanol–water partition coefficient (Wildman–Crippen LogP) is 1.86. The Hall–Kier alpha value is -3.68. The number of ether oxygens (including phenoxy) is 1. The number of rotatable bonds is 7. The van der Waals surface area contributed by atoms with Gasteiger partial charge >= 0.3 is 5.97 Å². The highest BCUT2D eigenvalue weighted by Gasteiger charge is 2.36. The lowest BCUT2D eigenvalue weighted by atomic mass is 10.0. The summed E-state index contributed by atoms with van der Waals surface area (Å²) in [6.45, 7) is 0. The number of cyclic esters (lactones) is 1. The number of esters is 1. The zero-order valence-electron chi connectivity index (χ0n) is 15.7. The fourth-order valence-corrected chi connectivity index (χ4v) is 3.09. The third-order valence-corrected chi connectivity index (χ3v) is 4.54. The molecular formula is C21H22N4O4. The Morgan fingerprint density at radius 3 is 2.34 bits per heavy atom. The molecule has 1 saturated heterocycles. The van der Waals surface area contributed by atoms with Crippen LogP contribution in [0.2, 0.25) is 0 Å². The Bertz CT molecular complexity index is 912. The molecule has 8 nitrogen and oxygen atoms in total. The standard InChI is InChI=1S/C21H22N4O4/c22-21(23)14-6-8-15(9-7-14)24-17(26)10-11-18(27)25-16-12-19(28)29-20(16)13-4-2-1-3-5-13/h1-9,16,20H,10-12H2,(H3,22,23)(H,24,26)(H,25,27)/t16-,20+/m0/s1. The molecule has 2 aromatic carbocycles. The number of nitrogens with one attached hydrogen (secondary N) is 3. The van der Waals surface area contributed by atoms with Gasteiger partial charge in [-0.15, -0.1) is 0 Å². The van der Waals surface area contributed by atoms with E-state index in [0.717, 1.165) is 5.56 Å². The first-order valence-corrected chi connectivity index (χ1v) is 9.20. The van der Waals surface area contributed by atoms with Gasteiger partial charge in [0, 0.05) is 24.1 Å². The number of amides is 2. The fraction of sp³-hybridized carbons (Fsp3) is 0.238. The Balaban J connectivity index is 1.49. The van der Waals surface area contributed by atoms with Crippen molar-refractivity contribution in [3.63, 3.8) is 0 Å². The molecule has 0 spiro atoms. The van der Waals surface area contributed by atoms with Gasteiger partial charge in [0.1, 0.15) is 11.9 Å². The topological polar surface area (TPSA) is 134 Å². The predicted molar refractivity (Wildman–Crippen MR) is 107 cm³/mol. The number of nitrogen functional groups attached to an aromatic ring is 1. The van der Waals surface area contributed by atoms with Crippen molar-refractivity contribution in [1.29, 1.82) is 5.41 Å². The van der Waals surface area contributed by atoms with Crippen molar-refractivity contribution in [2.75, 3.05) is 5.32 Å². The minimum absolute atomic E-state index is 0.00216. The second kappa shape index (κ2) is 9.01. The van der Waals surface area contributed by atoms with Crippen LogP contribution in [0.5, 0.6) is 0 Å². The van der Waals surface area contributed by atoms with E-state index in [1.165, 1.54) is 0 Å². The number of hydrogen-bond donors (Lipinski definition) is 4. The second-order valence-corrected chi connectivity index (χ2v) is 6.74. The second-order valence-electron chi connectivity index (χ2n) is 6.74. The first-order chi connectivity index (χ1) is 13.9. The van der Waals surface area contributed by atoms with E-state index in [9.17, 15) is 14.4 Å². The Morgan fingerprint density at radius 1 is 1.03 bits per heavy atom. The zero-order valence-corrected chi connectivity index (χ0v) is 15.7. The van der Waals surface area contributed by atoms with E-state index in [0.29, 0.717) is 11.3 Å². The third-order valence-electron chi connectivity index (χ3n) is 4.54. The van der Waals surface area contributed by atoms with Crippen molar-refractivity contribution in [2.45, 2.75) is 31.4 Å². The molecule has 2 aromatic rings. The van der Waals surface area contributed by atoms with Gasteiger partial charge < -0.3 is 21.1 Å². The van der Waals surface area contributed by atoms with E-state index in [4.69, 9.17) is 15.9 Å². The molecule has 29 heavy (non-hydrogen) atoms. The highest BCUT2D eigenvalue weighted by molar-refractivity contribution is 5.96. The number of carbonyl (C=O) groups is 3. The van der Waals surface area contributed by atoms with Crippen molar-refractivity contribution in [3.8, 4) is 0 Å². The average molecular weight is 394 g/mol. The van der Waals surface area contributed by atoms with Crippen LogP contribution in [0.1, 0.15) is 36.5 Å². The molecule has 2 amide bonds. The van der Waals surface area contributed by atoms with Gasteiger partial charge in [0.25, 0.3) is 0 Å². The van der Waals surface area contributed by atoms with Crippen LogP contribution in [0.3, 0.4) is 0 Å². The maximum Gasteiger partial charge on any atom is 0.308 e. The molecule has 0 bridgehead atoms. The van der Waals surface area contributed by atoms with Crippen molar-refractivity contribution in [3.05, 3.63) is 65.7 Å². The van der Waals surface area contributed by atoms with E-state index in [2.05, 4.69) is 10.6 Å². The number of amidine groups is 1. The molecule has 5 N–H and O–H groups in total. The summed E-state index contributed by atoms with van der Waals surface area (Å²) in [5.41, 5.74) is 7.32. The molecule has 8 heteroatoms. The molecule has 0 aliphatic carbocycles. The van der Waals surface area contributed by atoms with Crippen LogP contribution in [-0.4, -0.2) is 29.7 Å². The van der Waals surface area contributed by atoms with Crippen molar-refractivity contribution < 1.29 is 19.1 Å². The van der Waals surface area contributed by atoms with Gasteiger partial charge in [-0.1, -0.05) is 30.3 Å². The van der Waals surface area contributed by atoms with Crippen molar-refractivity contribution in [2.24, 2.45) is 5.73 Å². The summed E-state index contributed by atoms with van der Waals surface area (Å²) in [6, 6.07) is 15.3. The molecule has 0 radical (unpaired) electrons. The number of carbonyl (C=O) groups excluding carboxylic acids is 3.